The van der Waals surface area contributed by atoms with Crippen LogP contribution < -0.4 is 5.32 Å². The van der Waals surface area contributed by atoms with Gasteiger partial charge in [0.1, 0.15) is 6.10 Å². The van der Waals surface area contributed by atoms with Crippen molar-refractivity contribution in [2.75, 3.05) is 13.1 Å². The summed E-state index contributed by atoms with van der Waals surface area (Å²) < 4.78 is 52.5. The van der Waals surface area contributed by atoms with Crippen LogP contribution in [-0.2, 0) is 9.53 Å². The first-order valence-corrected chi connectivity index (χ1v) is 3.99. The highest BCUT2D eigenvalue weighted by Gasteiger charge is 2.50. The van der Waals surface area contributed by atoms with E-state index in [2.05, 4.69) is 10.1 Å². The Balaban J connectivity index is 2.26. The molecule has 0 spiro atoms. The maximum absolute atomic E-state index is 12.5. The minimum Gasteiger partial charge on any atom is -0.456 e. The van der Waals surface area contributed by atoms with Crippen LogP contribution in [0.2, 0.25) is 0 Å². The molecule has 1 rings (SSSR count). The number of cyclic esters (lactones) is 1. The Morgan fingerprint density at radius 2 is 2.21 bits per heavy atom. The summed E-state index contributed by atoms with van der Waals surface area (Å²) in [6.45, 7) is -0.773. The number of rotatable bonds is 4. The van der Waals surface area contributed by atoms with Gasteiger partial charge in [0, 0.05) is 6.54 Å². The number of esters is 1. The first kappa shape index (κ1) is 11.2. The van der Waals surface area contributed by atoms with Crippen molar-refractivity contribution in [2.24, 2.45) is 0 Å². The summed E-state index contributed by atoms with van der Waals surface area (Å²) >= 11 is 0. The number of hydrogen-bond acceptors (Lipinski definition) is 3. The summed E-state index contributed by atoms with van der Waals surface area (Å²) in [4.78, 5) is 10.5. The summed E-state index contributed by atoms with van der Waals surface area (Å²) in [5, 5.41) is 2.22. The number of carbonyl (C=O) groups excluding carboxylic acids is 1. The zero-order valence-corrected chi connectivity index (χ0v) is 7.10. The lowest BCUT2D eigenvalue weighted by molar-refractivity contribution is -0.159. The van der Waals surface area contributed by atoms with E-state index in [9.17, 15) is 22.4 Å². The molecule has 14 heavy (non-hydrogen) atoms. The summed E-state index contributed by atoms with van der Waals surface area (Å²) in [7, 11) is 0. The highest BCUT2D eigenvalue weighted by Crippen LogP contribution is 2.30. The predicted molar refractivity (Wildman–Crippen MR) is 38.3 cm³/mol. The number of alkyl halides is 4. The Bertz CT molecular complexity index is 222. The van der Waals surface area contributed by atoms with Gasteiger partial charge in [0.25, 0.3) is 6.43 Å². The van der Waals surface area contributed by atoms with Crippen molar-refractivity contribution in [3.8, 4) is 0 Å². The number of carbonyl (C=O) groups is 1. The van der Waals surface area contributed by atoms with Gasteiger partial charge >= 0.3 is 11.9 Å². The minimum absolute atomic E-state index is 0.175. The highest BCUT2D eigenvalue weighted by molar-refractivity contribution is 5.79. The number of hydrogen-bond donors (Lipinski definition) is 1. The molecule has 1 fully saturated rings. The first-order valence-electron chi connectivity index (χ1n) is 3.99. The molecule has 1 aliphatic heterocycles. The van der Waals surface area contributed by atoms with Gasteiger partial charge in [-0.1, -0.05) is 0 Å². The molecule has 0 amide bonds. The smallest absolute Gasteiger partial charge is 0.377 e. The molecule has 1 atom stereocenters. The third-order valence-electron chi connectivity index (χ3n) is 1.73. The topological polar surface area (TPSA) is 38.3 Å². The monoisotopic (exact) mass is 215 g/mol. The van der Waals surface area contributed by atoms with Crippen LogP contribution in [-0.4, -0.2) is 37.5 Å². The largest absolute Gasteiger partial charge is 0.456 e. The molecular weight excluding hydrogens is 206 g/mol. The Kier molecular flexibility index (Phi) is 3.30. The molecule has 0 aromatic heterocycles. The van der Waals surface area contributed by atoms with E-state index >= 15 is 0 Å². The molecule has 0 bridgehead atoms. The summed E-state index contributed by atoms with van der Waals surface area (Å²) in [6.07, 6.45) is -4.31. The van der Waals surface area contributed by atoms with Crippen LogP contribution in [0.25, 0.3) is 0 Å². The number of nitrogens with one attached hydrogen (secondary N) is 1. The third kappa shape index (κ3) is 2.83. The molecular formula is C7H9F4NO2. The zero-order chi connectivity index (χ0) is 10.8. The molecule has 3 nitrogen and oxygen atoms in total. The normalized spacial score (nSPS) is 25.5. The van der Waals surface area contributed by atoms with Crippen LogP contribution >= 0.6 is 0 Å². The highest BCUT2D eigenvalue weighted by atomic mass is 19.3. The predicted octanol–water partition coefficient (Wildman–Crippen LogP) is 0.792. The Morgan fingerprint density at radius 3 is 2.64 bits per heavy atom. The summed E-state index contributed by atoms with van der Waals surface area (Å²) in [6, 6.07) is 0. The molecule has 1 saturated heterocycles. The van der Waals surface area contributed by atoms with E-state index in [-0.39, 0.29) is 6.54 Å². The second-order valence-corrected chi connectivity index (χ2v) is 2.99. The van der Waals surface area contributed by atoms with Gasteiger partial charge in [-0.3, -0.25) is 0 Å². The van der Waals surface area contributed by atoms with Gasteiger partial charge in [-0.25, -0.2) is 13.6 Å². The Morgan fingerprint density at radius 1 is 1.57 bits per heavy atom. The first-order chi connectivity index (χ1) is 6.42. The van der Waals surface area contributed by atoms with E-state index in [1.54, 1.807) is 0 Å². The molecule has 1 N–H and O–H groups in total. The van der Waals surface area contributed by atoms with Gasteiger partial charge in [0.05, 0.1) is 13.0 Å². The van der Waals surface area contributed by atoms with Crippen molar-refractivity contribution >= 4 is 5.97 Å². The fourth-order valence-corrected chi connectivity index (χ4v) is 1.12. The Hall–Kier alpha value is -0.850. The second kappa shape index (κ2) is 4.12. The quantitative estimate of drug-likeness (QED) is 0.556. The van der Waals surface area contributed by atoms with E-state index in [1.807, 2.05) is 0 Å². The van der Waals surface area contributed by atoms with Gasteiger partial charge < -0.3 is 10.1 Å². The van der Waals surface area contributed by atoms with Crippen LogP contribution in [0.1, 0.15) is 6.42 Å². The summed E-state index contributed by atoms with van der Waals surface area (Å²) in [5.41, 5.74) is 0. The maximum atomic E-state index is 12.5. The third-order valence-corrected chi connectivity index (χ3v) is 1.73. The molecule has 0 aliphatic carbocycles. The molecule has 1 heterocycles. The lowest BCUT2D eigenvalue weighted by Gasteiger charge is -2.08. The molecule has 0 radical (unpaired) electrons. The van der Waals surface area contributed by atoms with Gasteiger partial charge in [-0.15, -0.1) is 0 Å². The van der Waals surface area contributed by atoms with Crippen molar-refractivity contribution in [1.82, 2.24) is 5.32 Å². The van der Waals surface area contributed by atoms with Crippen molar-refractivity contribution in [3.05, 3.63) is 0 Å². The van der Waals surface area contributed by atoms with Gasteiger partial charge in [-0.05, 0) is 0 Å². The summed E-state index contributed by atoms with van der Waals surface area (Å²) in [5.74, 6) is -5.06. The van der Waals surface area contributed by atoms with Crippen LogP contribution in [0.3, 0.4) is 0 Å². The van der Waals surface area contributed by atoms with E-state index in [0.29, 0.717) is 0 Å². The van der Waals surface area contributed by atoms with Crippen LogP contribution in [0, 0.1) is 0 Å². The fraction of sp³-hybridized carbons (Fsp3) is 0.857. The van der Waals surface area contributed by atoms with Crippen molar-refractivity contribution in [3.63, 3.8) is 0 Å². The van der Waals surface area contributed by atoms with Gasteiger partial charge in [0.15, 0.2) is 0 Å². The molecule has 7 heteroatoms. The van der Waals surface area contributed by atoms with Crippen LogP contribution in [0.15, 0.2) is 0 Å². The lowest BCUT2D eigenvalue weighted by atomic mass is 10.2. The van der Waals surface area contributed by atoms with E-state index < -0.39 is 37.4 Å². The van der Waals surface area contributed by atoms with E-state index in [0.717, 1.165) is 0 Å². The number of ether oxygens (including phenoxy) is 1. The molecule has 1 unspecified atom stereocenters. The SMILES string of the molecule is O=C1OC(CNCC(F)F)CC1(F)F. The minimum atomic E-state index is -3.48. The average Bonchev–Trinajstić information content (AvgIpc) is 2.25. The van der Waals surface area contributed by atoms with Crippen molar-refractivity contribution < 1.29 is 27.1 Å². The van der Waals surface area contributed by atoms with Crippen molar-refractivity contribution in [1.29, 1.82) is 0 Å². The van der Waals surface area contributed by atoms with Crippen LogP contribution in [0.5, 0.6) is 0 Å². The maximum Gasteiger partial charge on any atom is 0.377 e. The van der Waals surface area contributed by atoms with E-state index in [4.69, 9.17) is 0 Å². The molecule has 1 aliphatic rings. The van der Waals surface area contributed by atoms with Gasteiger partial charge in [0.2, 0.25) is 0 Å². The number of halogens is 4. The lowest BCUT2D eigenvalue weighted by Crippen LogP contribution is -2.30. The van der Waals surface area contributed by atoms with E-state index in [1.165, 1.54) is 0 Å². The second-order valence-electron chi connectivity index (χ2n) is 2.99. The molecule has 82 valence electrons. The van der Waals surface area contributed by atoms with Gasteiger partial charge in [-0.2, -0.15) is 8.78 Å². The Labute approximate surface area is 77.4 Å². The average molecular weight is 215 g/mol. The van der Waals surface area contributed by atoms with Crippen molar-refractivity contribution in [2.45, 2.75) is 24.9 Å². The molecule has 0 aromatic rings. The fourth-order valence-electron chi connectivity index (χ4n) is 1.12. The molecule has 0 saturated carbocycles. The zero-order valence-electron chi connectivity index (χ0n) is 7.10. The van der Waals surface area contributed by atoms with Crippen LogP contribution in [0.4, 0.5) is 17.6 Å². The standard InChI is InChI=1S/C7H9F4NO2/c8-5(9)3-12-2-4-1-7(10,11)6(13)14-4/h4-5,12H,1-3H2. The molecule has 0 aromatic carbocycles.